The van der Waals surface area contributed by atoms with Crippen molar-refractivity contribution in [1.82, 2.24) is 10.3 Å². The summed E-state index contributed by atoms with van der Waals surface area (Å²) < 4.78 is 5.41. The molecule has 0 radical (unpaired) electrons. The van der Waals surface area contributed by atoms with Crippen LogP contribution in [-0.2, 0) is 5.54 Å². The van der Waals surface area contributed by atoms with Gasteiger partial charge in [-0.1, -0.05) is 12.1 Å². The first kappa shape index (κ1) is 11.5. The highest BCUT2D eigenvalue weighted by atomic mass is 16.3. The molecule has 18 heavy (non-hydrogen) atoms. The van der Waals surface area contributed by atoms with Gasteiger partial charge in [-0.3, -0.25) is 0 Å². The van der Waals surface area contributed by atoms with Crippen LogP contribution in [0.4, 0.5) is 0 Å². The number of nitrogens with zero attached hydrogens (tertiary/aromatic N) is 1. The number of hydrogen-bond acceptors (Lipinski definition) is 3. The first-order chi connectivity index (χ1) is 8.67. The molecule has 0 amide bonds. The van der Waals surface area contributed by atoms with Gasteiger partial charge in [0.1, 0.15) is 6.26 Å². The van der Waals surface area contributed by atoms with E-state index >= 15 is 0 Å². The normalized spacial score (nSPS) is 23.4. The van der Waals surface area contributed by atoms with Crippen molar-refractivity contribution in [1.29, 1.82) is 0 Å². The van der Waals surface area contributed by atoms with Crippen LogP contribution in [0.25, 0.3) is 11.5 Å². The second-order valence-corrected chi connectivity index (χ2v) is 5.23. The molecular formula is C15H18N2O. The van der Waals surface area contributed by atoms with Gasteiger partial charge in [-0.15, -0.1) is 0 Å². The minimum absolute atomic E-state index is 0.130. The molecule has 1 saturated heterocycles. The van der Waals surface area contributed by atoms with Gasteiger partial charge in [0.15, 0.2) is 0 Å². The van der Waals surface area contributed by atoms with E-state index in [-0.39, 0.29) is 5.54 Å². The average molecular weight is 242 g/mol. The van der Waals surface area contributed by atoms with E-state index in [9.17, 15) is 0 Å². The van der Waals surface area contributed by atoms with Crippen LogP contribution in [0.15, 0.2) is 34.9 Å². The molecule has 0 spiro atoms. The number of benzene rings is 1. The minimum atomic E-state index is 0.130. The van der Waals surface area contributed by atoms with Gasteiger partial charge in [0.25, 0.3) is 0 Å². The van der Waals surface area contributed by atoms with Gasteiger partial charge in [-0.25, -0.2) is 4.98 Å². The molecule has 0 saturated carbocycles. The maximum atomic E-state index is 5.41. The van der Waals surface area contributed by atoms with Crippen molar-refractivity contribution in [3.63, 3.8) is 0 Å². The van der Waals surface area contributed by atoms with E-state index in [4.69, 9.17) is 4.42 Å². The third-order valence-electron chi connectivity index (χ3n) is 3.76. The Morgan fingerprint density at radius 3 is 2.61 bits per heavy atom. The molecule has 2 heterocycles. The van der Waals surface area contributed by atoms with Crippen molar-refractivity contribution in [2.75, 3.05) is 6.54 Å². The van der Waals surface area contributed by atoms with Crippen molar-refractivity contribution in [3.8, 4) is 11.5 Å². The molecule has 3 heteroatoms. The zero-order chi connectivity index (χ0) is 12.6. The Hall–Kier alpha value is -1.61. The van der Waals surface area contributed by atoms with Gasteiger partial charge in [-0.05, 0) is 50.9 Å². The zero-order valence-corrected chi connectivity index (χ0v) is 10.9. The number of nitrogens with one attached hydrogen (secondary N) is 1. The predicted molar refractivity (Wildman–Crippen MR) is 71.3 cm³/mol. The van der Waals surface area contributed by atoms with Crippen molar-refractivity contribution in [3.05, 3.63) is 41.8 Å². The lowest BCUT2D eigenvalue weighted by Crippen LogP contribution is -2.32. The summed E-state index contributed by atoms with van der Waals surface area (Å²) in [6.45, 7) is 5.31. The summed E-state index contributed by atoms with van der Waals surface area (Å²) in [6, 6.07) is 8.53. The lowest BCUT2D eigenvalue weighted by atomic mass is 9.90. The van der Waals surface area contributed by atoms with Gasteiger partial charge in [-0.2, -0.15) is 0 Å². The lowest BCUT2D eigenvalue weighted by molar-refractivity contribution is 0.435. The van der Waals surface area contributed by atoms with E-state index in [1.807, 2.05) is 6.92 Å². The fourth-order valence-corrected chi connectivity index (χ4v) is 2.61. The predicted octanol–water partition coefficient (Wildman–Crippen LogP) is 3.25. The average Bonchev–Trinajstić information content (AvgIpc) is 3.00. The second-order valence-electron chi connectivity index (χ2n) is 5.23. The van der Waals surface area contributed by atoms with Crippen LogP contribution in [0.2, 0.25) is 0 Å². The van der Waals surface area contributed by atoms with Crippen molar-refractivity contribution >= 4 is 0 Å². The second kappa shape index (κ2) is 4.25. The number of oxazole rings is 1. The standard InChI is InChI=1S/C15H18N2O/c1-11-10-18-14(17-11)12-4-6-13(7-5-12)15(2)8-3-9-16-15/h4-7,10,16H,3,8-9H2,1-2H3. The molecule has 3 nitrogen and oxygen atoms in total. The van der Waals surface area contributed by atoms with E-state index in [1.165, 1.54) is 18.4 Å². The van der Waals surface area contributed by atoms with Crippen LogP contribution in [0.1, 0.15) is 31.0 Å². The number of hydrogen-bond donors (Lipinski definition) is 1. The summed E-state index contributed by atoms with van der Waals surface area (Å²) in [6.07, 6.45) is 4.13. The molecule has 0 aliphatic carbocycles. The lowest BCUT2D eigenvalue weighted by Gasteiger charge is -2.25. The van der Waals surface area contributed by atoms with Crippen LogP contribution in [0.3, 0.4) is 0 Å². The van der Waals surface area contributed by atoms with E-state index in [0.29, 0.717) is 5.89 Å². The van der Waals surface area contributed by atoms with Crippen molar-refractivity contribution < 1.29 is 4.42 Å². The SMILES string of the molecule is Cc1coc(-c2ccc(C3(C)CCCN3)cc2)n1. The summed E-state index contributed by atoms with van der Waals surface area (Å²) >= 11 is 0. The molecule has 1 aliphatic heterocycles. The summed E-state index contributed by atoms with van der Waals surface area (Å²) in [5.41, 5.74) is 3.42. The van der Waals surface area contributed by atoms with Gasteiger partial charge in [0.05, 0.1) is 5.69 Å². The van der Waals surface area contributed by atoms with Crippen LogP contribution in [0.5, 0.6) is 0 Å². The minimum Gasteiger partial charge on any atom is -0.444 e. The highest BCUT2D eigenvalue weighted by molar-refractivity contribution is 5.54. The van der Waals surface area contributed by atoms with Gasteiger partial charge in [0, 0.05) is 11.1 Å². The molecule has 1 aromatic carbocycles. The summed E-state index contributed by atoms with van der Waals surface area (Å²) in [7, 11) is 0. The molecule has 1 aromatic heterocycles. The first-order valence-corrected chi connectivity index (χ1v) is 6.45. The summed E-state index contributed by atoms with van der Waals surface area (Å²) in [4.78, 5) is 4.34. The van der Waals surface area contributed by atoms with Crippen LogP contribution in [0, 0.1) is 6.92 Å². The number of rotatable bonds is 2. The molecule has 94 valence electrons. The topological polar surface area (TPSA) is 38.1 Å². The van der Waals surface area contributed by atoms with Gasteiger partial charge < -0.3 is 9.73 Å². The number of aryl methyl sites for hydroxylation is 1. The Kier molecular flexibility index (Phi) is 2.71. The molecule has 0 bridgehead atoms. The maximum Gasteiger partial charge on any atom is 0.226 e. The fourth-order valence-electron chi connectivity index (χ4n) is 2.61. The van der Waals surface area contributed by atoms with E-state index in [0.717, 1.165) is 17.8 Å². The summed E-state index contributed by atoms with van der Waals surface area (Å²) in [5.74, 6) is 0.698. The quantitative estimate of drug-likeness (QED) is 0.878. The third kappa shape index (κ3) is 1.95. The van der Waals surface area contributed by atoms with Crippen LogP contribution < -0.4 is 5.32 Å². The molecule has 1 fully saturated rings. The Labute approximate surface area is 107 Å². The first-order valence-electron chi connectivity index (χ1n) is 6.45. The smallest absolute Gasteiger partial charge is 0.226 e. The van der Waals surface area contributed by atoms with E-state index in [1.54, 1.807) is 6.26 Å². The maximum absolute atomic E-state index is 5.41. The van der Waals surface area contributed by atoms with Crippen molar-refractivity contribution in [2.24, 2.45) is 0 Å². The Morgan fingerprint density at radius 2 is 2.06 bits per heavy atom. The molecule has 1 atom stereocenters. The van der Waals surface area contributed by atoms with Crippen molar-refractivity contribution in [2.45, 2.75) is 32.2 Å². The van der Waals surface area contributed by atoms with Crippen LogP contribution in [-0.4, -0.2) is 11.5 Å². The summed E-state index contributed by atoms with van der Waals surface area (Å²) in [5, 5.41) is 3.57. The zero-order valence-electron chi connectivity index (χ0n) is 10.9. The molecule has 3 rings (SSSR count). The third-order valence-corrected chi connectivity index (χ3v) is 3.76. The Bertz CT molecular complexity index is 536. The highest BCUT2D eigenvalue weighted by Gasteiger charge is 2.29. The van der Waals surface area contributed by atoms with Crippen LogP contribution >= 0.6 is 0 Å². The highest BCUT2D eigenvalue weighted by Crippen LogP contribution is 2.31. The molecule has 2 aromatic rings. The Morgan fingerprint density at radius 1 is 1.28 bits per heavy atom. The molecule has 1 unspecified atom stereocenters. The Balaban J connectivity index is 1.89. The fraction of sp³-hybridized carbons (Fsp3) is 0.400. The number of aromatic nitrogens is 1. The molecule has 1 N–H and O–H groups in total. The van der Waals surface area contributed by atoms with E-state index in [2.05, 4.69) is 41.5 Å². The molecule has 1 aliphatic rings. The van der Waals surface area contributed by atoms with E-state index < -0.39 is 0 Å². The van der Waals surface area contributed by atoms with Gasteiger partial charge in [0.2, 0.25) is 5.89 Å². The monoisotopic (exact) mass is 242 g/mol. The largest absolute Gasteiger partial charge is 0.444 e. The molecular weight excluding hydrogens is 224 g/mol. The van der Waals surface area contributed by atoms with Gasteiger partial charge >= 0.3 is 0 Å².